The van der Waals surface area contributed by atoms with Gasteiger partial charge in [0.1, 0.15) is 0 Å². The van der Waals surface area contributed by atoms with E-state index in [1.165, 1.54) is 7.11 Å². The third-order valence-corrected chi connectivity index (χ3v) is 2.00. The highest BCUT2D eigenvalue weighted by Gasteiger charge is 2.13. The average molecular weight is 203 g/mol. The van der Waals surface area contributed by atoms with Gasteiger partial charge in [0.05, 0.1) is 13.0 Å². The second-order valence-corrected chi connectivity index (χ2v) is 3.35. The lowest BCUT2D eigenvalue weighted by atomic mass is 10.0. The van der Waals surface area contributed by atoms with Crippen molar-refractivity contribution in [3.63, 3.8) is 0 Å². The minimum absolute atomic E-state index is 0.0655. The van der Waals surface area contributed by atoms with Crippen molar-refractivity contribution in [1.82, 2.24) is 5.32 Å². The van der Waals surface area contributed by atoms with Crippen LogP contribution in [0, 0.1) is 5.92 Å². The Labute approximate surface area is 83.4 Å². The van der Waals surface area contributed by atoms with Gasteiger partial charge in [-0.05, 0) is 19.8 Å². The molecule has 82 valence electrons. The van der Waals surface area contributed by atoms with E-state index < -0.39 is 12.1 Å². The van der Waals surface area contributed by atoms with Crippen molar-refractivity contribution in [1.29, 1.82) is 0 Å². The molecular formula is C9H17NO4. The van der Waals surface area contributed by atoms with Crippen LogP contribution in [-0.4, -0.2) is 30.3 Å². The zero-order valence-electron chi connectivity index (χ0n) is 8.74. The highest BCUT2D eigenvalue weighted by molar-refractivity contribution is 5.69. The number of ether oxygens (including phenoxy) is 1. The smallest absolute Gasteiger partial charge is 0.407 e. The largest absolute Gasteiger partial charge is 0.481 e. The molecule has 0 aliphatic rings. The second kappa shape index (κ2) is 6.23. The molecule has 0 spiro atoms. The zero-order chi connectivity index (χ0) is 11.1. The molecule has 0 aromatic carbocycles. The van der Waals surface area contributed by atoms with E-state index in [1.54, 1.807) is 6.92 Å². The van der Waals surface area contributed by atoms with Gasteiger partial charge in [-0.1, -0.05) is 6.92 Å². The van der Waals surface area contributed by atoms with E-state index in [1.807, 2.05) is 6.92 Å². The van der Waals surface area contributed by atoms with Gasteiger partial charge in [0.15, 0.2) is 0 Å². The van der Waals surface area contributed by atoms with Crippen molar-refractivity contribution in [2.45, 2.75) is 32.7 Å². The number of hydrogen-bond donors (Lipinski definition) is 2. The van der Waals surface area contributed by atoms with Gasteiger partial charge in [-0.2, -0.15) is 0 Å². The van der Waals surface area contributed by atoms with Gasteiger partial charge >= 0.3 is 12.1 Å². The molecule has 14 heavy (non-hydrogen) atoms. The number of hydrogen-bond acceptors (Lipinski definition) is 3. The molecule has 2 atom stereocenters. The van der Waals surface area contributed by atoms with Crippen LogP contribution >= 0.6 is 0 Å². The number of carboxylic acids is 1. The Morgan fingerprint density at radius 1 is 1.36 bits per heavy atom. The predicted molar refractivity (Wildman–Crippen MR) is 51.0 cm³/mol. The van der Waals surface area contributed by atoms with Crippen molar-refractivity contribution >= 4 is 12.1 Å². The molecule has 0 aromatic heterocycles. The summed E-state index contributed by atoms with van der Waals surface area (Å²) in [6.07, 6.45) is 0.684. The summed E-state index contributed by atoms with van der Waals surface area (Å²) < 4.78 is 4.41. The Bertz CT molecular complexity index is 205. The summed E-state index contributed by atoms with van der Waals surface area (Å²) in [7, 11) is 1.29. The van der Waals surface area contributed by atoms with E-state index in [-0.39, 0.29) is 12.0 Å². The van der Waals surface area contributed by atoms with Gasteiger partial charge in [0.2, 0.25) is 0 Å². The summed E-state index contributed by atoms with van der Waals surface area (Å²) in [4.78, 5) is 21.2. The number of nitrogens with one attached hydrogen (secondary N) is 1. The predicted octanol–water partition coefficient (Wildman–Crippen LogP) is 1.23. The highest BCUT2D eigenvalue weighted by Crippen LogP contribution is 2.07. The number of methoxy groups -OCH3 is 1. The minimum atomic E-state index is -0.810. The lowest BCUT2D eigenvalue weighted by molar-refractivity contribution is -0.141. The van der Waals surface area contributed by atoms with E-state index in [4.69, 9.17) is 5.11 Å². The van der Waals surface area contributed by atoms with Gasteiger partial charge in [0.25, 0.3) is 0 Å². The SMILES string of the molecule is COC(=O)N[C@@H](C)CCC(C)C(=O)O. The molecule has 0 saturated heterocycles. The molecule has 5 nitrogen and oxygen atoms in total. The van der Waals surface area contributed by atoms with Crippen LogP contribution in [0.4, 0.5) is 4.79 Å². The first kappa shape index (κ1) is 12.7. The maximum Gasteiger partial charge on any atom is 0.407 e. The zero-order valence-corrected chi connectivity index (χ0v) is 8.74. The molecule has 0 rings (SSSR count). The fraction of sp³-hybridized carbons (Fsp3) is 0.778. The Hall–Kier alpha value is -1.26. The van der Waals surface area contributed by atoms with Crippen LogP contribution in [0.2, 0.25) is 0 Å². The molecule has 0 saturated carbocycles. The quantitative estimate of drug-likeness (QED) is 0.704. The van der Waals surface area contributed by atoms with E-state index in [0.717, 1.165) is 0 Å². The minimum Gasteiger partial charge on any atom is -0.481 e. The van der Waals surface area contributed by atoms with Crippen LogP contribution in [0.15, 0.2) is 0 Å². The summed E-state index contributed by atoms with van der Waals surface area (Å²) in [6.45, 7) is 3.46. The number of carbonyl (C=O) groups is 2. The van der Waals surface area contributed by atoms with Crippen molar-refractivity contribution in [3.05, 3.63) is 0 Å². The molecule has 0 radical (unpaired) electrons. The van der Waals surface area contributed by atoms with Crippen molar-refractivity contribution in [3.8, 4) is 0 Å². The maximum absolute atomic E-state index is 10.8. The van der Waals surface area contributed by atoms with Crippen LogP contribution in [0.25, 0.3) is 0 Å². The third-order valence-electron chi connectivity index (χ3n) is 2.00. The summed E-state index contributed by atoms with van der Waals surface area (Å²) in [6, 6.07) is -0.0655. The molecule has 1 amide bonds. The molecule has 2 N–H and O–H groups in total. The first-order valence-electron chi connectivity index (χ1n) is 4.54. The van der Waals surface area contributed by atoms with E-state index >= 15 is 0 Å². The Morgan fingerprint density at radius 2 is 1.93 bits per heavy atom. The third kappa shape index (κ3) is 5.40. The standard InChI is InChI=1S/C9H17NO4/c1-6(8(11)12)4-5-7(2)10-9(13)14-3/h6-7H,4-5H2,1-3H3,(H,10,13)(H,11,12)/t6?,7-/m0/s1. The number of carbonyl (C=O) groups excluding carboxylic acids is 1. The van der Waals surface area contributed by atoms with Crippen molar-refractivity contribution < 1.29 is 19.4 Å². The highest BCUT2D eigenvalue weighted by atomic mass is 16.5. The number of amides is 1. The summed E-state index contributed by atoms with van der Waals surface area (Å²) in [5.74, 6) is -1.19. The van der Waals surface area contributed by atoms with Crippen molar-refractivity contribution in [2.24, 2.45) is 5.92 Å². The number of aliphatic carboxylic acids is 1. The van der Waals surface area contributed by atoms with Crippen LogP contribution in [0.1, 0.15) is 26.7 Å². The second-order valence-electron chi connectivity index (χ2n) is 3.35. The van der Waals surface area contributed by atoms with Gasteiger partial charge in [-0.25, -0.2) is 4.79 Å². The molecule has 5 heteroatoms. The maximum atomic E-state index is 10.8. The van der Waals surface area contributed by atoms with Gasteiger partial charge in [0, 0.05) is 6.04 Å². The first-order chi connectivity index (χ1) is 6.47. The average Bonchev–Trinajstić information content (AvgIpc) is 2.13. The summed E-state index contributed by atoms with van der Waals surface area (Å²) in [5.41, 5.74) is 0. The van der Waals surface area contributed by atoms with Crippen LogP contribution in [-0.2, 0) is 9.53 Å². The molecule has 0 heterocycles. The Morgan fingerprint density at radius 3 is 2.36 bits per heavy atom. The Balaban J connectivity index is 3.68. The number of rotatable bonds is 5. The van der Waals surface area contributed by atoms with Crippen LogP contribution in [0.5, 0.6) is 0 Å². The molecule has 0 fully saturated rings. The van der Waals surface area contributed by atoms with E-state index in [0.29, 0.717) is 12.8 Å². The summed E-state index contributed by atoms with van der Waals surface area (Å²) in [5, 5.41) is 11.2. The topological polar surface area (TPSA) is 75.6 Å². The lowest BCUT2D eigenvalue weighted by Crippen LogP contribution is -2.32. The first-order valence-corrected chi connectivity index (χ1v) is 4.54. The van der Waals surface area contributed by atoms with Crippen LogP contribution in [0.3, 0.4) is 0 Å². The lowest BCUT2D eigenvalue weighted by Gasteiger charge is -2.13. The fourth-order valence-electron chi connectivity index (χ4n) is 0.956. The van der Waals surface area contributed by atoms with Gasteiger partial charge < -0.3 is 15.2 Å². The molecule has 0 aliphatic carbocycles. The summed E-state index contributed by atoms with van der Waals surface area (Å²) >= 11 is 0. The molecular weight excluding hydrogens is 186 g/mol. The molecule has 0 aliphatic heterocycles. The number of carboxylic acid groups (broad SMARTS) is 1. The van der Waals surface area contributed by atoms with E-state index in [9.17, 15) is 9.59 Å². The number of alkyl carbamates (subject to hydrolysis) is 1. The Kier molecular flexibility index (Phi) is 5.67. The van der Waals surface area contributed by atoms with Gasteiger partial charge in [-0.15, -0.1) is 0 Å². The molecule has 1 unspecified atom stereocenters. The van der Waals surface area contributed by atoms with Crippen LogP contribution < -0.4 is 5.32 Å². The molecule has 0 bridgehead atoms. The van der Waals surface area contributed by atoms with E-state index in [2.05, 4.69) is 10.1 Å². The normalized spacial score (nSPS) is 14.2. The fourth-order valence-corrected chi connectivity index (χ4v) is 0.956. The molecule has 0 aromatic rings. The van der Waals surface area contributed by atoms with Crippen molar-refractivity contribution in [2.75, 3.05) is 7.11 Å². The van der Waals surface area contributed by atoms with Gasteiger partial charge in [-0.3, -0.25) is 4.79 Å². The monoisotopic (exact) mass is 203 g/mol.